The summed E-state index contributed by atoms with van der Waals surface area (Å²) < 4.78 is 5.59. The summed E-state index contributed by atoms with van der Waals surface area (Å²) in [6.45, 7) is 1.96. The molecule has 4 rings (SSSR count). The van der Waals surface area contributed by atoms with Crippen molar-refractivity contribution in [3.63, 3.8) is 0 Å². The molecule has 2 aliphatic heterocycles. The van der Waals surface area contributed by atoms with E-state index in [1.165, 1.54) is 11.3 Å². The summed E-state index contributed by atoms with van der Waals surface area (Å²) in [6, 6.07) is 4.10. The van der Waals surface area contributed by atoms with Crippen LogP contribution in [0, 0.1) is 5.92 Å². The number of aliphatic hydroxyl groups is 2. The van der Waals surface area contributed by atoms with Crippen molar-refractivity contribution in [1.29, 1.82) is 0 Å². The van der Waals surface area contributed by atoms with Gasteiger partial charge in [-0.05, 0) is 19.2 Å². The summed E-state index contributed by atoms with van der Waals surface area (Å²) in [4.78, 5) is 13.5. The second-order valence-corrected chi connectivity index (χ2v) is 7.84. The predicted octanol–water partition coefficient (Wildman–Crippen LogP) is 0.755. The zero-order chi connectivity index (χ0) is 19.0. The number of ether oxygens (including phenoxy) is 1. The van der Waals surface area contributed by atoms with Crippen molar-refractivity contribution in [3.05, 3.63) is 29.3 Å². The van der Waals surface area contributed by atoms with Gasteiger partial charge in [0.1, 0.15) is 11.6 Å². The highest BCUT2D eigenvalue weighted by molar-refractivity contribution is 7.13. The first kappa shape index (κ1) is 18.6. The number of anilines is 3. The molecule has 0 saturated carbocycles. The van der Waals surface area contributed by atoms with E-state index >= 15 is 0 Å². The van der Waals surface area contributed by atoms with Gasteiger partial charge in [0.25, 0.3) is 0 Å². The average Bonchev–Trinajstić information content (AvgIpc) is 3.37. The fraction of sp³-hybridized carbons (Fsp3) is 0.556. The highest BCUT2D eigenvalue weighted by Gasteiger charge is 2.37. The molecule has 0 aromatic carbocycles. The van der Waals surface area contributed by atoms with Crippen molar-refractivity contribution in [2.24, 2.45) is 5.92 Å². The van der Waals surface area contributed by atoms with Crippen molar-refractivity contribution < 1.29 is 14.9 Å². The number of pyridine rings is 1. The molecular weight excluding hydrogens is 366 g/mol. The second-order valence-electron chi connectivity index (χ2n) is 6.97. The third kappa shape index (κ3) is 3.30. The first-order valence-electron chi connectivity index (χ1n) is 9.08. The quantitative estimate of drug-likeness (QED) is 0.688. The maximum Gasteiger partial charge on any atom is 0.190 e. The Balaban J connectivity index is 1.70. The molecule has 0 bridgehead atoms. The number of aliphatic hydroxyl groups excluding tert-OH is 2. The van der Waals surface area contributed by atoms with Crippen LogP contribution in [-0.4, -0.2) is 72.7 Å². The van der Waals surface area contributed by atoms with E-state index in [2.05, 4.69) is 15.2 Å². The number of nitrogens with zero attached hydrogens (tertiary/aromatic N) is 4. The Hall–Kier alpha value is -1.78. The fourth-order valence-electron chi connectivity index (χ4n) is 3.90. The Morgan fingerprint density at radius 1 is 1.33 bits per heavy atom. The molecule has 2 aromatic rings. The second kappa shape index (κ2) is 7.69. The normalized spacial score (nSPS) is 27.9. The lowest BCUT2D eigenvalue weighted by molar-refractivity contribution is 0.0663. The van der Waals surface area contributed by atoms with Gasteiger partial charge in [-0.3, -0.25) is 0 Å². The topological polar surface area (TPSA) is 94.0 Å². The molecule has 1 saturated heterocycles. The molecule has 4 atom stereocenters. The molecule has 0 aliphatic carbocycles. The number of rotatable bonds is 5. The van der Waals surface area contributed by atoms with Crippen LogP contribution in [-0.2, 0) is 4.74 Å². The lowest BCUT2D eigenvalue weighted by Crippen LogP contribution is -2.38. The predicted molar refractivity (Wildman–Crippen MR) is 105 cm³/mol. The molecule has 0 spiro atoms. The summed E-state index contributed by atoms with van der Waals surface area (Å²) in [6.07, 6.45) is 1.12. The minimum absolute atomic E-state index is 0.0876. The number of thiazole rings is 1. The Morgan fingerprint density at radius 3 is 2.81 bits per heavy atom. The van der Waals surface area contributed by atoms with Crippen LogP contribution in [0.25, 0.3) is 0 Å². The van der Waals surface area contributed by atoms with Crippen molar-refractivity contribution >= 4 is 28.1 Å². The molecule has 27 heavy (non-hydrogen) atoms. The SMILES string of the molecule is CN[C@@H]1CN(c2ccc3c(n2)N(c2nccs2)CC(CO)C3O)C[C@H]1OC. The van der Waals surface area contributed by atoms with Crippen LogP contribution in [0.15, 0.2) is 23.7 Å². The van der Waals surface area contributed by atoms with Crippen molar-refractivity contribution in [2.75, 3.05) is 50.2 Å². The Labute approximate surface area is 162 Å². The number of methoxy groups -OCH3 is 1. The largest absolute Gasteiger partial charge is 0.396 e. The third-order valence-electron chi connectivity index (χ3n) is 5.48. The number of hydrogen-bond acceptors (Lipinski definition) is 9. The number of aromatic nitrogens is 2. The van der Waals surface area contributed by atoms with Crippen LogP contribution >= 0.6 is 11.3 Å². The number of likely N-dealkylation sites (N-methyl/N-ethyl adjacent to an activating group) is 1. The molecule has 2 aliphatic rings. The van der Waals surface area contributed by atoms with Gasteiger partial charge in [-0.1, -0.05) is 0 Å². The third-order valence-corrected chi connectivity index (χ3v) is 6.27. The molecule has 2 unspecified atom stereocenters. The summed E-state index contributed by atoms with van der Waals surface area (Å²) in [5.41, 5.74) is 0.729. The molecule has 8 nitrogen and oxygen atoms in total. The smallest absolute Gasteiger partial charge is 0.190 e. The van der Waals surface area contributed by atoms with Crippen LogP contribution in [0.4, 0.5) is 16.8 Å². The summed E-state index contributed by atoms with van der Waals surface area (Å²) in [5, 5.41) is 26.4. The zero-order valence-electron chi connectivity index (χ0n) is 15.4. The van der Waals surface area contributed by atoms with Crippen molar-refractivity contribution in [1.82, 2.24) is 15.3 Å². The van der Waals surface area contributed by atoms with E-state index in [-0.39, 0.29) is 24.7 Å². The van der Waals surface area contributed by atoms with Gasteiger partial charge >= 0.3 is 0 Å². The van der Waals surface area contributed by atoms with Crippen LogP contribution < -0.4 is 15.1 Å². The van der Waals surface area contributed by atoms with Crippen LogP contribution in [0.3, 0.4) is 0 Å². The molecule has 1 fully saturated rings. The van der Waals surface area contributed by atoms with E-state index in [0.29, 0.717) is 12.4 Å². The molecule has 4 heterocycles. The van der Waals surface area contributed by atoms with E-state index in [1.807, 2.05) is 29.5 Å². The fourth-order valence-corrected chi connectivity index (χ4v) is 4.55. The summed E-state index contributed by atoms with van der Waals surface area (Å²) in [5.74, 6) is 1.29. The number of fused-ring (bicyclic) bond motifs is 1. The van der Waals surface area contributed by atoms with Gasteiger partial charge in [-0.15, -0.1) is 11.3 Å². The number of nitrogens with one attached hydrogen (secondary N) is 1. The average molecular weight is 391 g/mol. The van der Waals surface area contributed by atoms with Gasteiger partial charge in [0.05, 0.1) is 24.9 Å². The van der Waals surface area contributed by atoms with Crippen LogP contribution in [0.5, 0.6) is 0 Å². The maximum absolute atomic E-state index is 10.7. The van der Waals surface area contributed by atoms with E-state index in [1.54, 1.807) is 13.3 Å². The van der Waals surface area contributed by atoms with Gasteiger partial charge in [-0.25, -0.2) is 9.97 Å². The van der Waals surface area contributed by atoms with Gasteiger partial charge in [0.15, 0.2) is 5.13 Å². The lowest BCUT2D eigenvalue weighted by Gasteiger charge is -2.36. The molecule has 2 aromatic heterocycles. The Kier molecular flexibility index (Phi) is 5.29. The van der Waals surface area contributed by atoms with E-state index in [0.717, 1.165) is 29.6 Å². The van der Waals surface area contributed by atoms with Gasteiger partial charge in [0, 0.05) is 49.8 Å². The highest BCUT2D eigenvalue weighted by atomic mass is 32.1. The molecule has 9 heteroatoms. The number of hydrogen-bond donors (Lipinski definition) is 3. The summed E-state index contributed by atoms with van der Waals surface area (Å²) in [7, 11) is 3.67. The van der Waals surface area contributed by atoms with Crippen molar-refractivity contribution in [2.45, 2.75) is 18.2 Å². The lowest BCUT2D eigenvalue weighted by atomic mass is 9.92. The van der Waals surface area contributed by atoms with Gasteiger partial charge in [-0.2, -0.15) is 0 Å². The molecule has 0 radical (unpaired) electrons. The molecule has 0 amide bonds. The van der Waals surface area contributed by atoms with Crippen LogP contribution in [0.2, 0.25) is 0 Å². The molecule has 146 valence electrons. The zero-order valence-corrected chi connectivity index (χ0v) is 16.3. The summed E-state index contributed by atoms with van der Waals surface area (Å²) >= 11 is 1.52. The highest BCUT2D eigenvalue weighted by Crippen LogP contribution is 2.41. The minimum atomic E-state index is -0.738. The van der Waals surface area contributed by atoms with E-state index in [4.69, 9.17) is 9.72 Å². The van der Waals surface area contributed by atoms with E-state index in [9.17, 15) is 10.2 Å². The first-order valence-corrected chi connectivity index (χ1v) is 9.96. The van der Waals surface area contributed by atoms with Crippen LogP contribution in [0.1, 0.15) is 11.7 Å². The first-order chi connectivity index (χ1) is 13.2. The van der Waals surface area contributed by atoms with Crippen molar-refractivity contribution in [3.8, 4) is 0 Å². The molecular formula is C18H25N5O3S. The maximum atomic E-state index is 10.7. The minimum Gasteiger partial charge on any atom is -0.396 e. The monoisotopic (exact) mass is 391 g/mol. The van der Waals surface area contributed by atoms with E-state index < -0.39 is 6.10 Å². The Bertz CT molecular complexity index is 762. The Morgan fingerprint density at radius 2 is 2.19 bits per heavy atom. The molecule has 3 N–H and O–H groups in total. The van der Waals surface area contributed by atoms with Gasteiger partial charge < -0.3 is 30.1 Å². The standard InChI is InChI=1S/C18H25N5O3S/c1-19-13-8-22(9-14(13)26-2)15-4-3-12-16(25)11(10-24)7-23(17(12)21-15)18-20-5-6-27-18/h3-6,11,13-14,16,19,24-25H,7-10H2,1-2H3/t11?,13-,14-,16?/m1/s1. The van der Waals surface area contributed by atoms with Gasteiger partial charge in [0.2, 0.25) is 0 Å².